The number of nitrogens with zero attached hydrogens (tertiary/aromatic N) is 1. The van der Waals surface area contributed by atoms with E-state index >= 15 is 0 Å². The first-order chi connectivity index (χ1) is 8.27. The summed E-state index contributed by atoms with van der Waals surface area (Å²) in [7, 11) is 2.11. The molecule has 2 aliphatic rings. The average Bonchev–Trinajstić information content (AvgIpc) is 2.55. The number of hydrogen-bond acceptors (Lipinski definition) is 3. The Kier molecular flexibility index (Phi) is 4.80. The maximum atomic E-state index is 11.9. The first-order valence-corrected chi connectivity index (χ1v) is 6.96. The number of nitrogens with one attached hydrogen (secondary N) is 2. The first-order valence-electron chi connectivity index (χ1n) is 6.96. The normalized spacial score (nSPS) is 27.9. The molecule has 2 aliphatic heterocycles. The molecule has 0 radical (unpaired) electrons. The van der Waals surface area contributed by atoms with Crippen LogP contribution in [-0.2, 0) is 4.79 Å². The highest BCUT2D eigenvalue weighted by molar-refractivity contribution is 5.81. The molecule has 4 heteroatoms. The summed E-state index contributed by atoms with van der Waals surface area (Å²) in [6.07, 6.45) is 5.81. The molecule has 0 spiro atoms. The van der Waals surface area contributed by atoms with Gasteiger partial charge >= 0.3 is 0 Å². The van der Waals surface area contributed by atoms with E-state index in [1.165, 1.54) is 19.3 Å². The van der Waals surface area contributed by atoms with Crippen LogP contribution >= 0.6 is 0 Å². The minimum absolute atomic E-state index is 0.104. The Labute approximate surface area is 104 Å². The van der Waals surface area contributed by atoms with E-state index < -0.39 is 0 Å². The van der Waals surface area contributed by atoms with Gasteiger partial charge in [0.15, 0.2) is 0 Å². The van der Waals surface area contributed by atoms with Gasteiger partial charge in [-0.3, -0.25) is 9.69 Å². The molecular formula is C13H25N3O. The summed E-state index contributed by atoms with van der Waals surface area (Å²) >= 11 is 0. The lowest BCUT2D eigenvalue weighted by Gasteiger charge is -2.31. The smallest absolute Gasteiger partial charge is 0.237 e. The molecule has 2 rings (SSSR count). The van der Waals surface area contributed by atoms with Crippen molar-refractivity contribution >= 4 is 5.91 Å². The zero-order chi connectivity index (χ0) is 12.1. The van der Waals surface area contributed by atoms with Gasteiger partial charge in [-0.15, -0.1) is 0 Å². The minimum Gasteiger partial charge on any atom is -0.355 e. The van der Waals surface area contributed by atoms with E-state index in [0.717, 1.165) is 44.9 Å². The molecule has 98 valence electrons. The number of carbonyl (C=O) groups is 1. The fourth-order valence-corrected chi connectivity index (χ4v) is 2.94. The summed E-state index contributed by atoms with van der Waals surface area (Å²) in [5.74, 6) is 0.997. The van der Waals surface area contributed by atoms with Crippen molar-refractivity contribution in [3.8, 4) is 0 Å². The third-order valence-electron chi connectivity index (χ3n) is 4.04. The van der Waals surface area contributed by atoms with Crippen LogP contribution in [0.5, 0.6) is 0 Å². The van der Waals surface area contributed by atoms with Crippen molar-refractivity contribution in [1.82, 2.24) is 15.5 Å². The molecule has 1 atom stereocenters. The lowest BCUT2D eigenvalue weighted by Crippen LogP contribution is -2.46. The van der Waals surface area contributed by atoms with Crippen LogP contribution in [0.25, 0.3) is 0 Å². The number of hydrogen-bond donors (Lipinski definition) is 2. The van der Waals surface area contributed by atoms with Gasteiger partial charge in [-0.25, -0.2) is 0 Å². The Bertz CT molecular complexity index is 251. The quantitative estimate of drug-likeness (QED) is 0.757. The second-order valence-corrected chi connectivity index (χ2v) is 5.44. The van der Waals surface area contributed by atoms with Crippen molar-refractivity contribution < 1.29 is 4.79 Å². The zero-order valence-corrected chi connectivity index (χ0v) is 10.9. The second kappa shape index (κ2) is 6.36. The van der Waals surface area contributed by atoms with Crippen LogP contribution in [0.15, 0.2) is 0 Å². The Morgan fingerprint density at radius 1 is 1.18 bits per heavy atom. The molecule has 1 unspecified atom stereocenters. The van der Waals surface area contributed by atoms with Crippen LogP contribution in [0, 0.1) is 5.92 Å². The minimum atomic E-state index is 0.104. The molecule has 2 saturated heterocycles. The highest BCUT2D eigenvalue weighted by Crippen LogP contribution is 2.17. The second-order valence-electron chi connectivity index (χ2n) is 5.44. The Morgan fingerprint density at radius 3 is 2.71 bits per heavy atom. The molecule has 0 aromatic rings. The Morgan fingerprint density at radius 2 is 1.94 bits per heavy atom. The lowest BCUT2D eigenvalue weighted by molar-refractivity contribution is -0.125. The van der Waals surface area contributed by atoms with Gasteiger partial charge < -0.3 is 10.6 Å². The topological polar surface area (TPSA) is 44.4 Å². The van der Waals surface area contributed by atoms with E-state index in [1.54, 1.807) is 0 Å². The van der Waals surface area contributed by atoms with Crippen molar-refractivity contribution in [2.45, 2.75) is 38.1 Å². The fourth-order valence-electron chi connectivity index (χ4n) is 2.94. The number of rotatable bonds is 3. The molecule has 2 N–H and O–H groups in total. The van der Waals surface area contributed by atoms with Crippen molar-refractivity contribution in [1.29, 1.82) is 0 Å². The van der Waals surface area contributed by atoms with E-state index in [-0.39, 0.29) is 11.9 Å². The van der Waals surface area contributed by atoms with Crippen molar-refractivity contribution in [2.24, 2.45) is 5.92 Å². The molecule has 2 fully saturated rings. The van der Waals surface area contributed by atoms with Gasteiger partial charge in [-0.05, 0) is 58.2 Å². The van der Waals surface area contributed by atoms with E-state index in [4.69, 9.17) is 0 Å². The van der Waals surface area contributed by atoms with Gasteiger partial charge in [0.25, 0.3) is 0 Å². The molecule has 0 saturated carbocycles. The summed E-state index contributed by atoms with van der Waals surface area (Å²) in [5.41, 5.74) is 0. The van der Waals surface area contributed by atoms with Gasteiger partial charge in [0.1, 0.15) is 0 Å². The monoisotopic (exact) mass is 239 g/mol. The summed E-state index contributed by atoms with van der Waals surface area (Å²) in [5, 5.41) is 6.41. The highest BCUT2D eigenvalue weighted by Gasteiger charge is 2.26. The third kappa shape index (κ3) is 3.68. The van der Waals surface area contributed by atoms with Gasteiger partial charge in [-0.2, -0.15) is 0 Å². The van der Waals surface area contributed by atoms with Crippen LogP contribution in [0.1, 0.15) is 32.1 Å². The van der Waals surface area contributed by atoms with E-state index in [0.29, 0.717) is 0 Å². The molecular weight excluding hydrogens is 214 g/mol. The number of amides is 1. The number of likely N-dealkylation sites (N-methyl/N-ethyl adjacent to an activating group) is 1. The number of carbonyl (C=O) groups excluding carboxylic acids is 1. The third-order valence-corrected chi connectivity index (χ3v) is 4.04. The summed E-state index contributed by atoms with van der Waals surface area (Å²) in [6, 6.07) is 0.104. The van der Waals surface area contributed by atoms with Crippen LogP contribution in [0.3, 0.4) is 0 Å². The Balaban J connectivity index is 1.84. The maximum absolute atomic E-state index is 11.9. The lowest BCUT2D eigenvalue weighted by atomic mass is 9.96. The zero-order valence-electron chi connectivity index (χ0n) is 10.9. The summed E-state index contributed by atoms with van der Waals surface area (Å²) in [6.45, 7) is 4.20. The van der Waals surface area contributed by atoms with Gasteiger partial charge in [0.05, 0.1) is 6.04 Å². The largest absolute Gasteiger partial charge is 0.355 e. The molecule has 0 aromatic heterocycles. The molecule has 17 heavy (non-hydrogen) atoms. The Hall–Kier alpha value is -0.610. The average molecular weight is 239 g/mol. The van der Waals surface area contributed by atoms with E-state index in [1.807, 2.05) is 0 Å². The molecule has 0 bridgehead atoms. The molecule has 0 aromatic carbocycles. The van der Waals surface area contributed by atoms with Crippen LogP contribution in [0.4, 0.5) is 0 Å². The van der Waals surface area contributed by atoms with Crippen LogP contribution in [0.2, 0.25) is 0 Å². The van der Waals surface area contributed by atoms with Crippen molar-refractivity contribution in [2.75, 3.05) is 33.2 Å². The van der Waals surface area contributed by atoms with Crippen molar-refractivity contribution in [3.05, 3.63) is 0 Å². The first kappa shape index (κ1) is 12.8. The van der Waals surface area contributed by atoms with Crippen molar-refractivity contribution in [3.63, 3.8) is 0 Å². The highest BCUT2D eigenvalue weighted by atomic mass is 16.2. The summed E-state index contributed by atoms with van der Waals surface area (Å²) in [4.78, 5) is 14.2. The predicted octanol–water partition coefficient (Wildman–Crippen LogP) is 0.587. The van der Waals surface area contributed by atoms with Gasteiger partial charge in [0.2, 0.25) is 5.91 Å². The predicted molar refractivity (Wildman–Crippen MR) is 68.9 cm³/mol. The molecule has 0 aliphatic carbocycles. The van der Waals surface area contributed by atoms with Crippen LogP contribution < -0.4 is 10.6 Å². The van der Waals surface area contributed by atoms with Gasteiger partial charge in [0, 0.05) is 13.1 Å². The summed E-state index contributed by atoms with van der Waals surface area (Å²) < 4.78 is 0. The SMILES string of the molecule is CN(CC1CCNCC1)C1CCCCNC1=O. The molecule has 1 amide bonds. The van der Waals surface area contributed by atoms with E-state index in [9.17, 15) is 4.79 Å². The molecule has 2 heterocycles. The number of piperidine rings is 1. The molecule has 4 nitrogen and oxygen atoms in total. The maximum Gasteiger partial charge on any atom is 0.237 e. The standard InChI is InChI=1S/C13H25N3O/c1-16(10-11-5-8-14-9-6-11)12-4-2-3-7-15-13(12)17/h11-12,14H,2-10H2,1H3,(H,15,17). The van der Waals surface area contributed by atoms with Crippen LogP contribution in [-0.4, -0.2) is 50.1 Å². The fraction of sp³-hybridized carbons (Fsp3) is 0.923. The van der Waals surface area contributed by atoms with Gasteiger partial charge in [-0.1, -0.05) is 0 Å². The van der Waals surface area contributed by atoms with E-state index in [2.05, 4.69) is 22.6 Å².